The molecule has 0 fully saturated rings. The van der Waals surface area contributed by atoms with Gasteiger partial charge >= 0.3 is 0 Å². The fourth-order valence-corrected chi connectivity index (χ4v) is 2.67. The molecule has 6 nitrogen and oxygen atoms in total. The summed E-state index contributed by atoms with van der Waals surface area (Å²) in [6, 6.07) is 7.82. The van der Waals surface area contributed by atoms with Crippen molar-refractivity contribution in [3.63, 3.8) is 0 Å². The normalized spacial score (nSPS) is 13.2. The van der Waals surface area contributed by atoms with E-state index < -0.39 is 5.60 Å². The van der Waals surface area contributed by atoms with Gasteiger partial charge in [-0.2, -0.15) is 0 Å². The first-order chi connectivity index (χ1) is 13.3. The van der Waals surface area contributed by atoms with Crippen LogP contribution in [0.4, 0.5) is 5.82 Å². The molecule has 2 aromatic heterocycles. The van der Waals surface area contributed by atoms with E-state index in [0.717, 1.165) is 5.56 Å². The second-order valence-electron chi connectivity index (χ2n) is 7.17. The van der Waals surface area contributed by atoms with Gasteiger partial charge in [-0.05, 0) is 50.8 Å². The molecule has 0 radical (unpaired) electrons. The number of nitrogens with one attached hydrogen (secondary N) is 1. The Balaban J connectivity index is 2.00. The van der Waals surface area contributed by atoms with E-state index in [9.17, 15) is 5.11 Å². The molecule has 2 N–H and O–H groups in total. The van der Waals surface area contributed by atoms with E-state index in [-0.39, 0.29) is 6.04 Å². The first-order valence-electron chi connectivity index (χ1n) is 9.27. The largest absolute Gasteiger partial charge is 0.378 e. The summed E-state index contributed by atoms with van der Waals surface area (Å²) in [7, 11) is 0. The Labute approximate surface area is 170 Å². The second-order valence-corrected chi connectivity index (χ2v) is 7.61. The predicted octanol–water partition coefficient (Wildman–Crippen LogP) is 4.19. The molecule has 0 spiro atoms. The molecule has 0 unspecified atom stereocenters. The minimum absolute atomic E-state index is 0.198. The summed E-state index contributed by atoms with van der Waals surface area (Å²) in [4.78, 5) is 13.6. The van der Waals surface area contributed by atoms with Gasteiger partial charge in [-0.25, -0.2) is 15.0 Å². The van der Waals surface area contributed by atoms with Crippen molar-refractivity contribution < 1.29 is 5.11 Å². The minimum atomic E-state index is -1.08. The van der Waals surface area contributed by atoms with Gasteiger partial charge in [0.05, 0.1) is 6.33 Å². The van der Waals surface area contributed by atoms with Crippen molar-refractivity contribution in [3.05, 3.63) is 47.0 Å². The molecule has 3 aromatic rings. The van der Waals surface area contributed by atoms with Crippen LogP contribution in [0.25, 0.3) is 11.2 Å². The fourth-order valence-electron chi connectivity index (χ4n) is 2.54. The van der Waals surface area contributed by atoms with Gasteiger partial charge in [0.2, 0.25) is 5.82 Å². The molecule has 0 aliphatic carbocycles. The van der Waals surface area contributed by atoms with E-state index in [2.05, 4.69) is 46.0 Å². The number of nitrogens with zero attached hydrogens (tertiary/aromatic N) is 4. The molecule has 1 aromatic carbocycles. The molecule has 0 amide bonds. The van der Waals surface area contributed by atoms with Crippen molar-refractivity contribution in [1.29, 1.82) is 0 Å². The summed E-state index contributed by atoms with van der Waals surface area (Å²) in [6.07, 6.45) is 2.28. The van der Waals surface area contributed by atoms with Gasteiger partial charge in [-0.3, -0.25) is 0 Å². The standard InChI is InChI=1S/C21H24ClN5O/c1-5-21(4,28)11-10-17-25-19(23-12-15-6-8-16(22)9-7-15)18-20(26-17)27(13-24-18)14(2)3/h6-9,13-14,28H,5,12H2,1-4H3,(H,23,25,26)/t21-/m1/s1. The Bertz CT molecular complexity index is 1030. The Kier molecular flexibility index (Phi) is 5.87. The van der Waals surface area contributed by atoms with Gasteiger partial charge in [-0.15, -0.1) is 0 Å². The molecular formula is C21H24ClN5O. The second kappa shape index (κ2) is 8.17. The lowest BCUT2D eigenvalue weighted by atomic mass is 10.1. The highest BCUT2D eigenvalue weighted by atomic mass is 35.5. The van der Waals surface area contributed by atoms with E-state index in [4.69, 9.17) is 11.6 Å². The van der Waals surface area contributed by atoms with Crippen molar-refractivity contribution in [2.45, 2.75) is 52.3 Å². The first-order valence-corrected chi connectivity index (χ1v) is 9.65. The van der Waals surface area contributed by atoms with E-state index in [1.165, 1.54) is 0 Å². The predicted molar refractivity (Wildman–Crippen MR) is 112 cm³/mol. The lowest BCUT2D eigenvalue weighted by molar-refractivity contribution is 0.118. The van der Waals surface area contributed by atoms with Crippen LogP contribution in [0, 0.1) is 11.8 Å². The van der Waals surface area contributed by atoms with Gasteiger partial charge in [0.1, 0.15) is 5.60 Å². The zero-order valence-corrected chi connectivity index (χ0v) is 17.2. The summed E-state index contributed by atoms with van der Waals surface area (Å²) in [5, 5.41) is 14.2. The SMILES string of the molecule is CC[C@@](C)(O)C#Cc1nc(NCc2ccc(Cl)cc2)c2ncn(C(C)C)c2n1. The highest BCUT2D eigenvalue weighted by Gasteiger charge is 2.16. The third kappa shape index (κ3) is 4.61. The third-order valence-electron chi connectivity index (χ3n) is 4.48. The van der Waals surface area contributed by atoms with E-state index >= 15 is 0 Å². The Morgan fingerprint density at radius 3 is 2.61 bits per heavy atom. The summed E-state index contributed by atoms with van der Waals surface area (Å²) in [5.74, 6) is 6.72. The van der Waals surface area contributed by atoms with Crippen molar-refractivity contribution in [3.8, 4) is 11.8 Å². The number of benzene rings is 1. The van der Waals surface area contributed by atoms with Crippen LogP contribution in [0.1, 0.15) is 51.5 Å². The topological polar surface area (TPSA) is 75.9 Å². The van der Waals surface area contributed by atoms with Gasteiger partial charge in [0, 0.05) is 17.6 Å². The van der Waals surface area contributed by atoms with Gasteiger partial charge in [0.15, 0.2) is 17.0 Å². The van der Waals surface area contributed by atoms with Crippen LogP contribution < -0.4 is 5.32 Å². The maximum Gasteiger partial charge on any atom is 0.209 e. The number of aliphatic hydroxyl groups is 1. The Hall–Kier alpha value is -2.62. The monoisotopic (exact) mass is 397 g/mol. The number of fused-ring (bicyclic) bond motifs is 1. The summed E-state index contributed by atoms with van der Waals surface area (Å²) >= 11 is 5.95. The van der Waals surface area contributed by atoms with Gasteiger partial charge < -0.3 is 15.0 Å². The molecule has 1 atom stereocenters. The van der Waals surface area contributed by atoms with Crippen LogP contribution in [-0.2, 0) is 6.54 Å². The number of rotatable bonds is 5. The van der Waals surface area contributed by atoms with Crippen LogP contribution in [0.3, 0.4) is 0 Å². The Morgan fingerprint density at radius 1 is 1.25 bits per heavy atom. The molecule has 0 bridgehead atoms. The molecule has 7 heteroatoms. The lowest BCUT2D eigenvalue weighted by Gasteiger charge is -2.12. The number of hydrogen-bond acceptors (Lipinski definition) is 5. The minimum Gasteiger partial charge on any atom is -0.378 e. The molecule has 0 aliphatic heterocycles. The van der Waals surface area contributed by atoms with Gasteiger partial charge in [-0.1, -0.05) is 36.6 Å². The molecule has 2 heterocycles. The zero-order chi connectivity index (χ0) is 20.3. The van der Waals surface area contributed by atoms with Gasteiger partial charge in [0.25, 0.3) is 0 Å². The number of halogens is 1. The number of aromatic nitrogens is 4. The van der Waals surface area contributed by atoms with Crippen LogP contribution in [0.2, 0.25) is 5.02 Å². The molecule has 3 rings (SSSR count). The maximum atomic E-state index is 10.2. The molecule has 146 valence electrons. The first kappa shape index (κ1) is 20.1. The molecule has 28 heavy (non-hydrogen) atoms. The van der Waals surface area contributed by atoms with Crippen LogP contribution in [-0.4, -0.2) is 30.2 Å². The quantitative estimate of drug-likeness (QED) is 0.631. The van der Waals surface area contributed by atoms with Crippen LogP contribution in [0.15, 0.2) is 30.6 Å². The molecule has 0 saturated carbocycles. The molecular weight excluding hydrogens is 374 g/mol. The maximum absolute atomic E-state index is 10.2. The van der Waals surface area contributed by atoms with Crippen molar-refractivity contribution in [1.82, 2.24) is 19.5 Å². The average molecular weight is 398 g/mol. The zero-order valence-electron chi connectivity index (χ0n) is 16.5. The fraction of sp³-hybridized carbons (Fsp3) is 0.381. The average Bonchev–Trinajstić information content (AvgIpc) is 3.10. The highest BCUT2D eigenvalue weighted by Crippen LogP contribution is 2.22. The van der Waals surface area contributed by atoms with E-state index in [0.29, 0.717) is 40.8 Å². The van der Waals surface area contributed by atoms with Crippen molar-refractivity contribution in [2.75, 3.05) is 5.32 Å². The van der Waals surface area contributed by atoms with Crippen molar-refractivity contribution in [2.24, 2.45) is 0 Å². The van der Waals surface area contributed by atoms with Crippen molar-refractivity contribution >= 4 is 28.6 Å². The summed E-state index contributed by atoms with van der Waals surface area (Å²) < 4.78 is 1.98. The van der Waals surface area contributed by atoms with Crippen LogP contribution in [0.5, 0.6) is 0 Å². The summed E-state index contributed by atoms with van der Waals surface area (Å²) in [6.45, 7) is 8.26. The molecule has 0 aliphatic rings. The number of imidazole rings is 1. The third-order valence-corrected chi connectivity index (χ3v) is 4.73. The van der Waals surface area contributed by atoms with E-state index in [1.54, 1.807) is 13.3 Å². The summed E-state index contributed by atoms with van der Waals surface area (Å²) in [5.41, 5.74) is 1.40. The van der Waals surface area contributed by atoms with Crippen LogP contribution >= 0.6 is 11.6 Å². The smallest absolute Gasteiger partial charge is 0.209 e. The number of hydrogen-bond donors (Lipinski definition) is 2. The highest BCUT2D eigenvalue weighted by molar-refractivity contribution is 6.30. The Morgan fingerprint density at radius 2 is 1.96 bits per heavy atom. The lowest BCUT2D eigenvalue weighted by Crippen LogP contribution is -2.19. The van der Waals surface area contributed by atoms with E-state index in [1.807, 2.05) is 35.8 Å². The number of anilines is 1. The molecule has 0 saturated heterocycles.